The molecule has 0 saturated heterocycles. The second kappa shape index (κ2) is 5.59. The van der Waals surface area contributed by atoms with Crippen LogP contribution in [0.1, 0.15) is 16.8 Å². The fraction of sp³-hybridized carbons (Fsp3) is 0.200. The number of carbonyl (C=O) groups excluding carboxylic acids is 2. The Labute approximate surface area is 96.3 Å². The first-order valence-electron chi connectivity index (χ1n) is 4.69. The lowest BCUT2D eigenvalue weighted by Gasteiger charge is -2.05. The minimum Gasteiger partial charge on any atom is -0.486 e. The van der Waals surface area contributed by atoms with Gasteiger partial charge in [-0.3, -0.25) is 19.7 Å². The lowest BCUT2D eigenvalue weighted by molar-refractivity contribution is -0.385. The minimum atomic E-state index is -0.631. The van der Waals surface area contributed by atoms with Gasteiger partial charge in [-0.2, -0.15) is 0 Å². The Morgan fingerprint density at radius 2 is 2.24 bits per heavy atom. The summed E-state index contributed by atoms with van der Waals surface area (Å²) in [7, 11) is 0. The molecule has 2 N–H and O–H groups in total. The van der Waals surface area contributed by atoms with Gasteiger partial charge < -0.3 is 10.5 Å². The predicted molar refractivity (Wildman–Crippen MR) is 57.8 cm³/mol. The highest BCUT2D eigenvalue weighted by molar-refractivity contribution is 5.77. The van der Waals surface area contributed by atoms with Gasteiger partial charge >= 0.3 is 5.69 Å². The number of nitro groups is 1. The first-order valence-corrected chi connectivity index (χ1v) is 4.69. The summed E-state index contributed by atoms with van der Waals surface area (Å²) >= 11 is 0. The topological polar surface area (TPSA) is 113 Å². The molecular weight excluding hydrogens is 228 g/mol. The number of nitrogens with zero attached hydrogens (tertiary/aromatic N) is 1. The van der Waals surface area contributed by atoms with Gasteiger partial charge in [-0.1, -0.05) is 0 Å². The highest BCUT2D eigenvalue weighted by Gasteiger charge is 2.15. The number of carbonyl (C=O) groups is 2. The van der Waals surface area contributed by atoms with Crippen LogP contribution < -0.4 is 10.5 Å². The highest BCUT2D eigenvalue weighted by atomic mass is 16.6. The highest BCUT2D eigenvalue weighted by Crippen LogP contribution is 2.27. The summed E-state index contributed by atoms with van der Waals surface area (Å²) in [6.07, 6.45) is 0.493. The van der Waals surface area contributed by atoms with Gasteiger partial charge in [0.25, 0.3) is 0 Å². The number of benzene rings is 1. The van der Waals surface area contributed by atoms with E-state index in [9.17, 15) is 19.7 Å². The number of nitrogens with two attached hydrogens (primary N) is 1. The fourth-order valence-electron chi connectivity index (χ4n) is 1.13. The van der Waals surface area contributed by atoms with E-state index in [1.807, 2.05) is 0 Å². The molecule has 1 amide bonds. The van der Waals surface area contributed by atoms with E-state index in [2.05, 4.69) is 0 Å². The molecule has 0 radical (unpaired) electrons. The predicted octanol–water partition coefficient (Wildman–Crippen LogP) is 0.661. The summed E-state index contributed by atoms with van der Waals surface area (Å²) in [5.74, 6) is -0.625. The molecule has 0 atom stereocenters. The molecule has 7 nitrogen and oxygen atoms in total. The Kier molecular flexibility index (Phi) is 4.15. The molecule has 1 rings (SSSR count). The monoisotopic (exact) mass is 238 g/mol. The first-order chi connectivity index (χ1) is 8.04. The Balaban J connectivity index is 2.89. The zero-order chi connectivity index (χ0) is 12.8. The van der Waals surface area contributed by atoms with E-state index < -0.39 is 10.8 Å². The molecule has 0 heterocycles. The van der Waals surface area contributed by atoms with Crippen molar-refractivity contribution in [3.63, 3.8) is 0 Å². The van der Waals surface area contributed by atoms with Gasteiger partial charge in [0.15, 0.2) is 5.75 Å². The van der Waals surface area contributed by atoms with Gasteiger partial charge in [0.1, 0.15) is 6.29 Å². The summed E-state index contributed by atoms with van der Waals surface area (Å²) in [6, 6.07) is 3.72. The van der Waals surface area contributed by atoms with Crippen LogP contribution in [0.3, 0.4) is 0 Å². The number of ether oxygens (including phenoxy) is 1. The maximum Gasteiger partial charge on any atom is 0.310 e. The third kappa shape index (κ3) is 3.56. The third-order valence-electron chi connectivity index (χ3n) is 1.92. The van der Waals surface area contributed by atoms with E-state index in [0.717, 1.165) is 0 Å². The summed E-state index contributed by atoms with van der Waals surface area (Å²) in [4.78, 5) is 31.0. The van der Waals surface area contributed by atoms with E-state index in [1.165, 1.54) is 18.2 Å². The van der Waals surface area contributed by atoms with Gasteiger partial charge in [0.05, 0.1) is 18.0 Å². The number of hydrogen-bond acceptors (Lipinski definition) is 5. The maximum absolute atomic E-state index is 10.7. The Morgan fingerprint density at radius 3 is 2.76 bits per heavy atom. The van der Waals surface area contributed by atoms with Gasteiger partial charge in [0.2, 0.25) is 5.91 Å². The van der Waals surface area contributed by atoms with Gasteiger partial charge in [-0.25, -0.2) is 0 Å². The van der Waals surface area contributed by atoms with Crippen molar-refractivity contribution in [3.05, 3.63) is 33.9 Å². The Hall–Kier alpha value is -2.44. The van der Waals surface area contributed by atoms with Crippen molar-refractivity contribution in [1.29, 1.82) is 0 Å². The third-order valence-corrected chi connectivity index (χ3v) is 1.92. The zero-order valence-corrected chi connectivity index (χ0v) is 8.79. The van der Waals surface area contributed by atoms with E-state index in [0.29, 0.717) is 6.29 Å². The first kappa shape index (κ1) is 12.6. The van der Waals surface area contributed by atoms with Gasteiger partial charge in [0, 0.05) is 11.6 Å². The molecule has 0 aliphatic heterocycles. The zero-order valence-electron chi connectivity index (χ0n) is 8.79. The second-order valence-corrected chi connectivity index (χ2v) is 3.17. The van der Waals surface area contributed by atoms with Crippen molar-refractivity contribution in [2.45, 2.75) is 6.42 Å². The van der Waals surface area contributed by atoms with Crippen LogP contribution in [-0.4, -0.2) is 23.7 Å². The number of nitro benzene ring substituents is 1. The van der Waals surface area contributed by atoms with Crippen molar-refractivity contribution in [1.82, 2.24) is 0 Å². The average Bonchev–Trinajstić information content (AvgIpc) is 2.28. The van der Waals surface area contributed by atoms with Crippen molar-refractivity contribution < 1.29 is 19.2 Å². The summed E-state index contributed by atoms with van der Waals surface area (Å²) in [6.45, 7) is -0.0709. The molecule has 0 spiro atoms. The van der Waals surface area contributed by atoms with E-state index in [-0.39, 0.29) is 30.0 Å². The molecule has 0 bridgehead atoms. The molecule has 0 aliphatic rings. The summed E-state index contributed by atoms with van der Waals surface area (Å²) in [5.41, 5.74) is 4.89. The molecule has 7 heteroatoms. The van der Waals surface area contributed by atoms with Crippen LogP contribution in [-0.2, 0) is 4.79 Å². The van der Waals surface area contributed by atoms with Crippen molar-refractivity contribution in [3.8, 4) is 5.75 Å². The van der Waals surface area contributed by atoms with Crippen molar-refractivity contribution in [2.24, 2.45) is 5.73 Å². The van der Waals surface area contributed by atoms with Crippen LogP contribution in [0, 0.1) is 10.1 Å². The largest absolute Gasteiger partial charge is 0.486 e. The molecule has 1 aromatic carbocycles. The number of rotatable bonds is 6. The van der Waals surface area contributed by atoms with Crippen LogP contribution in [0.5, 0.6) is 5.75 Å². The average molecular weight is 238 g/mol. The second-order valence-electron chi connectivity index (χ2n) is 3.17. The lowest BCUT2D eigenvalue weighted by Crippen LogP contribution is -2.14. The lowest BCUT2D eigenvalue weighted by atomic mass is 10.2. The molecule has 0 aromatic heterocycles. The van der Waals surface area contributed by atoms with E-state index in [4.69, 9.17) is 10.5 Å². The molecule has 0 fully saturated rings. The number of aldehydes is 1. The van der Waals surface area contributed by atoms with Gasteiger partial charge in [-0.05, 0) is 12.1 Å². The molecule has 0 unspecified atom stereocenters. The summed E-state index contributed by atoms with van der Waals surface area (Å²) in [5, 5.41) is 10.7. The smallest absolute Gasteiger partial charge is 0.310 e. The molecule has 0 aliphatic carbocycles. The number of hydrogen-bond donors (Lipinski definition) is 1. The fourth-order valence-corrected chi connectivity index (χ4v) is 1.13. The van der Waals surface area contributed by atoms with Crippen LogP contribution in [0.15, 0.2) is 18.2 Å². The molecule has 17 heavy (non-hydrogen) atoms. The van der Waals surface area contributed by atoms with E-state index in [1.54, 1.807) is 0 Å². The van der Waals surface area contributed by atoms with Crippen LogP contribution in [0.2, 0.25) is 0 Å². The normalized spacial score (nSPS) is 9.65. The van der Waals surface area contributed by atoms with Crippen molar-refractivity contribution >= 4 is 17.9 Å². The number of amides is 1. The van der Waals surface area contributed by atoms with Crippen LogP contribution in [0.25, 0.3) is 0 Å². The standard InChI is InChI=1S/C10H10N2O5/c11-10(14)3-4-17-9-5-7(6-13)1-2-8(9)12(15)16/h1-2,5-6H,3-4H2,(H2,11,14). The quantitative estimate of drug-likeness (QED) is 0.444. The number of primary amides is 1. The van der Waals surface area contributed by atoms with Crippen LogP contribution >= 0.6 is 0 Å². The van der Waals surface area contributed by atoms with Crippen molar-refractivity contribution in [2.75, 3.05) is 6.61 Å². The maximum atomic E-state index is 10.7. The SMILES string of the molecule is NC(=O)CCOc1cc(C=O)ccc1[N+](=O)[O-]. The van der Waals surface area contributed by atoms with Gasteiger partial charge in [-0.15, -0.1) is 0 Å². The summed E-state index contributed by atoms with van der Waals surface area (Å²) < 4.78 is 5.05. The molecular formula is C10H10N2O5. The van der Waals surface area contributed by atoms with Crippen LogP contribution in [0.4, 0.5) is 5.69 Å². The molecule has 0 saturated carbocycles. The Morgan fingerprint density at radius 1 is 1.53 bits per heavy atom. The van der Waals surface area contributed by atoms with E-state index >= 15 is 0 Å². The Bertz CT molecular complexity index is 458. The molecule has 90 valence electrons. The minimum absolute atomic E-state index is 0.0531. The molecule has 1 aromatic rings.